The number of aldehydes is 1. The number of carbonyl (C=O) groups excluding carboxylic acids is 1. The third kappa shape index (κ3) is 4.48. The quantitative estimate of drug-likeness (QED) is 0.694. The van der Waals surface area contributed by atoms with Gasteiger partial charge in [-0.3, -0.25) is 0 Å². The molecule has 0 aliphatic carbocycles. The lowest BCUT2D eigenvalue weighted by atomic mass is 9.88. The first kappa shape index (κ1) is 12.3. The molecule has 0 saturated carbocycles. The van der Waals surface area contributed by atoms with Crippen molar-refractivity contribution in [3.8, 4) is 0 Å². The molecule has 0 radical (unpaired) electrons. The largest absolute Gasteiger partial charge is 0.303 e. The van der Waals surface area contributed by atoms with Crippen molar-refractivity contribution < 1.29 is 4.79 Å². The molecule has 0 N–H and O–H groups in total. The fraction of sp³-hybridized carbons (Fsp3) is 0.462. The van der Waals surface area contributed by atoms with E-state index >= 15 is 0 Å². The van der Waals surface area contributed by atoms with Gasteiger partial charge in [-0.2, -0.15) is 0 Å². The van der Waals surface area contributed by atoms with Gasteiger partial charge in [-0.05, 0) is 37.0 Å². The van der Waals surface area contributed by atoms with Crippen LogP contribution >= 0.6 is 11.6 Å². The summed E-state index contributed by atoms with van der Waals surface area (Å²) in [6.07, 6.45) is 4.01. The molecular formula is C13H17ClO. The maximum absolute atomic E-state index is 10.7. The Hall–Kier alpha value is -0.820. The zero-order chi connectivity index (χ0) is 11.3. The van der Waals surface area contributed by atoms with Crippen molar-refractivity contribution in [2.24, 2.45) is 5.41 Å². The number of carbonyl (C=O) groups is 1. The summed E-state index contributed by atoms with van der Waals surface area (Å²) in [5.41, 5.74) is 1.09. The van der Waals surface area contributed by atoms with Crippen LogP contribution in [-0.2, 0) is 11.2 Å². The second-order valence-corrected chi connectivity index (χ2v) is 5.02. The van der Waals surface area contributed by atoms with Crippen LogP contribution in [0.5, 0.6) is 0 Å². The molecular weight excluding hydrogens is 208 g/mol. The summed E-state index contributed by atoms with van der Waals surface area (Å²) < 4.78 is 0. The summed E-state index contributed by atoms with van der Waals surface area (Å²) in [5.74, 6) is 0. The van der Waals surface area contributed by atoms with Crippen molar-refractivity contribution in [3.63, 3.8) is 0 Å². The van der Waals surface area contributed by atoms with Gasteiger partial charge in [-0.25, -0.2) is 0 Å². The summed E-state index contributed by atoms with van der Waals surface area (Å²) in [6, 6.07) is 7.88. The lowest BCUT2D eigenvalue weighted by Gasteiger charge is -2.15. The Kier molecular flexibility index (Phi) is 4.34. The van der Waals surface area contributed by atoms with Crippen LogP contribution in [0.3, 0.4) is 0 Å². The van der Waals surface area contributed by atoms with Crippen molar-refractivity contribution in [2.75, 3.05) is 0 Å². The Bertz CT molecular complexity index is 314. The van der Waals surface area contributed by atoms with Gasteiger partial charge in [0.25, 0.3) is 0 Å². The first-order chi connectivity index (χ1) is 7.03. The van der Waals surface area contributed by atoms with Gasteiger partial charge in [0, 0.05) is 10.4 Å². The van der Waals surface area contributed by atoms with E-state index in [0.29, 0.717) is 0 Å². The highest BCUT2D eigenvalue weighted by atomic mass is 35.5. The normalized spacial score (nSPS) is 11.4. The van der Waals surface area contributed by atoms with E-state index in [2.05, 4.69) is 0 Å². The van der Waals surface area contributed by atoms with Crippen LogP contribution in [0.4, 0.5) is 0 Å². The Morgan fingerprint density at radius 2 is 1.87 bits per heavy atom. The first-order valence-corrected chi connectivity index (χ1v) is 5.62. The third-order valence-corrected chi connectivity index (χ3v) is 2.77. The fourth-order valence-corrected chi connectivity index (χ4v) is 1.58. The number of rotatable bonds is 5. The SMILES string of the molecule is CC(C)(C=O)CCCc1ccc(Cl)cc1. The number of hydrogen-bond acceptors (Lipinski definition) is 1. The van der Waals surface area contributed by atoms with Crippen LogP contribution in [0.1, 0.15) is 32.3 Å². The molecule has 0 heterocycles. The second-order valence-electron chi connectivity index (χ2n) is 4.59. The standard InChI is InChI=1S/C13H17ClO/c1-13(2,10-15)9-3-4-11-5-7-12(14)8-6-11/h5-8,10H,3-4,9H2,1-2H3. The van der Waals surface area contributed by atoms with Gasteiger partial charge < -0.3 is 4.79 Å². The molecule has 0 atom stereocenters. The Morgan fingerprint density at radius 3 is 2.40 bits per heavy atom. The molecule has 0 saturated heterocycles. The van der Waals surface area contributed by atoms with Crippen LogP contribution < -0.4 is 0 Å². The van der Waals surface area contributed by atoms with Gasteiger partial charge in [-0.15, -0.1) is 0 Å². The monoisotopic (exact) mass is 224 g/mol. The van der Waals surface area contributed by atoms with E-state index in [4.69, 9.17) is 11.6 Å². The van der Waals surface area contributed by atoms with Gasteiger partial charge >= 0.3 is 0 Å². The molecule has 15 heavy (non-hydrogen) atoms. The Morgan fingerprint density at radius 1 is 1.27 bits per heavy atom. The molecule has 1 aromatic rings. The number of aryl methyl sites for hydroxylation is 1. The van der Waals surface area contributed by atoms with E-state index in [1.54, 1.807) is 0 Å². The van der Waals surface area contributed by atoms with Crippen molar-refractivity contribution in [3.05, 3.63) is 34.9 Å². The van der Waals surface area contributed by atoms with Crippen LogP contribution in [0.2, 0.25) is 5.02 Å². The third-order valence-electron chi connectivity index (χ3n) is 2.52. The van der Waals surface area contributed by atoms with Gasteiger partial charge in [0.05, 0.1) is 0 Å². The summed E-state index contributed by atoms with van der Waals surface area (Å²) in [6.45, 7) is 3.95. The van der Waals surface area contributed by atoms with E-state index in [1.165, 1.54) is 5.56 Å². The lowest BCUT2D eigenvalue weighted by molar-refractivity contribution is -0.115. The van der Waals surface area contributed by atoms with E-state index < -0.39 is 0 Å². The maximum atomic E-state index is 10.7. The predicted molar refractivity (Wildman–Crippen MR) is 64.2 cm³/mol. The molecule has 1 rings (SSSR count). The van der Waals surface area contributed by atoms with E-state index in [0.717, 1.165) is 30.6 Å². The molecule has 0 fully saturated rings. The van der Waals surface area contributed by atoms with Crippen LogP contribution in [-0.4, -0.2) is 6.29 Å². The highest BCUT2D eigenvalue weighted by molar-refractivity contribution is 6.30. The first-order valence-electron chi connectivity index (χ1n) is 5.24. The topological polar surface area (TPSA) is 17.1 Å². The minimum atomic E-state index is -0.188. The van der Waals surface area contributed by atoms with Crippen molar-refractivity contribution >= 4 is 17.9 Å². The molecule has 2 heteroatoms. The molecule has 1 aromatic carbocycles. The van der Waals surface area contributed by atoms with E-state index in [1.807, 2.05) is 38.1 Å². The van der Waals surface area contributed by atoms with Crippen LogP contribution in [0.15, 0.2) is 24.3 Å². The lowest BCUT2D eigenvalue weighted by Crippen LogP contribution is -2.12. The minimum Gasteiger partial charge on any atom is -0.303 e. The number of benzene rings is 1. The van der Waals surface area contributed by atoms with Crippen LogP contribution in [0, 0.1) is 5.41 Å². The Balaban J connectivity index is 2.38. The molecule has 0 aromatic heterocycles. The molecule has 0 spiro atoms. The van der Waals surface area contributed by atoms with E-state index in [-0.39, 0.29) is 5.41 Å². The Labute approximate surface area is 96.5 Å². The molecule has 0 unspecified atom stereocenters. The summed E-state index contributed by atoms with van der Waals surface area (Å²) >= 11 is 5.79. The molecule has 0 aliphatic rings. The summed E-state index contributed by atoms with van der Waals surface area (Å²) in [4.78, 5) is 10.7. The molecule has 82 valence electrons. The summed E-state index contributed by atoms with van der Waals surface area (Å²) in [5, 5.41) is 0.770. The molecule has 0 bridgehead atoms. The van der Waals surface area contributed by atoms with Gasteiger partial charge in [0.15, 0.2) is 0 Å². The van der Waals surface area contributed by atoms with Gasteiger partial charge in [-0.1, -0.05) is 37.6 Å². The highest BCUT2D eigenvalue weighted by Crippen LogP contribution is 2.20. The fourth-order valence-electron chi connectivity index (χ4n) is 1.46. The minimum absolute atomic E-state index is 0.188. The number of halogens is 1. The van der Waals surface area contributed by atoms with Crippen molar-refractivity contribution in [2.45, 2.75) is 33.1 Å². The van der Waals surface area contributed by atoms with Gasteiger partial charge in [0.2, 0.25) is 0 Å². The van der Waals surface area contributed by atoms with E-state index in [9.17, 15) is 4.79 Å². The van der Waals surface area contributed by atoms with Crippen molar-refractivity contribution in [1.29, 1.82) is 0 Å². The summed E-state index contributed by atoms with van der Waals surface area (Å²) in [7, 11) is 0. The molecule has 0 amide bonds. The second kappa shape index (κ2) is 5.32. The number of hydrogen-bond donors (Lipinski definition) is 0. The highest BCUT2D eigenvalue weighted by Gasteiger charge is 2.15. The smallest absolute Gasteiger partial charge is 0.125 e. The average molecular weight is 225 g/mol. The van der Waals surface area contributed by atoms with Crippen molar-refractivity contribution in [1.82, 2.24) is 0 Å². The zero-order valence-electron chi connectivity index (χ0n) is 9.29. The van der Waals surface area contributed by atoms with Crippen LogP contribution in [0.25, 0.3) is 0 Å². The maximum Gasteiger partial charge on any atom is 0.125 e. The molecule has 0 aliphatic heterocycles. The average Bonchev–Trinajstić information content (AvgIpc) is 2.21. The van der Waals surface area contributed by atoms with Gasteiger partial charge in [0.1, 0.15) is 6.29 Å². The molecule has 1 nitrogen and oxygen atoms in total. The predicted octanol–water partition coefficient (Wildman–Crippen LogP) is 3.89. The zero-order valence-corrected chi connectivity index (χ0v) is 10.1.